The fourth-order valence-corrected chi connectivity index (χ4v) is 4.25. The molecule has 0 aliphatic carbocycles. The predicted octanol–water partition coefficient (Wildman–Crippen LogP) is 0.356. The summed E-state index contributed by atoms with van der Waals surface area (Å²) in [6.45, 7) is -0.576. The highest BCUT2D eigenvalue weighted by Crippen LogP contribution is 2.57. The van der Waals surface area contributed by atoms with E-state index in [4.69, 9.17) is 30.1 Å². The maximum atomic E-state index is 11.9. The summed E-state index contributed by atoms with van der Waals surface area (Å²) in [5.74, 6) is -0.139. The molecule has 1 unspecified atom stereocenters. The summed E-state index contributed by atoms with van der Waals surface area (Å²) < 4.78 is 23.5. The highest BCUT2D eigenvalue weighted by atomic mass is 32.5. The Labute approximate surface area is 125 Å². The number of hydrogen-bond acceptors (Lipinski definition) is 7. The van der Waals surface area contributed by atoms with Crippen molar-refractivity contribution in [1.29, 1.82) is 0 Å². The number of ether oxygens (including phenoxy) is 1. The lowest BCUT2D eigenvalue weighted by atomic mass is 10.0. The Morgan fingerprint density at radius 3 is 2.95 bits per heavy atom. The van der Waals surface area contributed by atoms with Gasteiger partial charge in [-0.2, -0.15) is 0 Å². The van der Waals surface area contributed by atoms with E-state index in [1.807, 2.05) is 6.92 Å². The molecule has 1 aromatic rings. The van der Waals surface area contributed by atoms with Gasteiger partial charge in [0.25, 0.3) is 5.56 Å². The van der Waals surface area contributed by atoms with Crippen LogP contribution in [0.5, 0.6) is 0 Å². The summed E-state index contributed by atoms with van der Waals surface area (Å²) >= 11 is 5.20. The fraction of sp³-hybridized carbons (Fsp3) is 0.636. The van der Waals surface area contributed by atoms with Gasteiger partial charge in [-0.15, -0.1) is 0 Å². The molecule has 0 saturated carbocycles. The van der Waals surface area contributed by atoms with Crippen LogP contribution in [0.3, 0.4) is 0 Å². The van der Waals surface area contributed by atoms with Crippen molar-refractivity contribution in [2.24, 2.45) is 5.92 Å². The molecule has 0 spiro atoms. The van der Waals surface area contributed by atoms with E-state index in [0.29, 0.717) is 0 Å². The Balaban J connectivity index is 1.89. The molecule has 2 aliphatic rings. The van der Waals surface area contributed by atoms with Gasteiger partial charge in [0.2, 0.25) is 0 Å². The Morgan fingerprint density at radius 2 is 2.29 bits per heavy atom. The molecule has 2 saturated heterocycles. The number of nitrogens with zero attached hydrogens (tertiary/aromatic N) is 1. The van der Waals surface area contributed by atoms with Crippen molar-refractivity contribution in [2.45, 2.75) is 25.4 Å². The molecule has 0 amide bonds. The summed E-state index contributed by atoms with van der Waals surface area (Å²) in [5, 5.41) is 0. The van der Waals surface area contributed by atoms with Crippen LogP contribution in [0.4, 0.5) is 0 Å². The Kier molecular flexibility index (Phi) is 3.89. The van der Waals surface area contributed by atoms with Crippen LogP contribution >= 0.6 is 6.72 Å². The van der Waals surface area contributed by atoms with Gasteiger partial charge >= 0.3 is 12.4 Å². The molecule has 3 rings (SSSR count). The van der Waals surface area contributed by atoms with Crippen LogP contribution in [0.25, 0.3) is 0 Å². The minimum absolute atomic E-state index is 0.139. The second-order valence-corrected chi connectivity index (χ2v) is 8.01. The first-order chi connectivity index (χ1) is 9.93. The number of hydrogen-bond donors (Lipinski definition) is 1. The molecular weight excluding hydrogens is 319 g/mol. The average molecular weight is 334 g/mol. The maximum Gasteiger partial charge on any atom is 0.330 e. The van der Waals surface area contributed by atoms with E-state index >= 15 is 0 Å². The monoisotopic (exact) mass is 334 g/mol. The predicted molar refractivity (Wildman–Crippen MR) is 76.5 cm³/mol. The second-order valence-electron chi connectivity index (χ2n) is 4.94. The van der Waals surface area contributed by atoms with E-state index < -0.39 is 24.2 Å². The highest BCUT2D eigenvalue weighted by Gasteiger charge is 2.50. The van der Waals surface area contributed by atoms with Gasteiger partial charge in [0.1, 0.15) is 18.4 Å². The zero-order valence-corrected chi connectivity index (χ0v) is 13.1. The van der Waals surface area contributed by atoms with Crippen molar-refractivity contribution in [3.63, 3.8) is 0 Å². The smallest absolute Gasteiger partial charge is 0.330 e. The first kappa shape index (κ1) is 15.1. The minimum atomic E-state index is -2.73. The van der Waals surface area contributed by atoms with Crippen LogP contribution in [0.2, 0.25) is 0 Å². The third-order valence-corrected chi connectivity index (χ3v) is 6.08. The second kappa shape index (κ2) is 5.42. The zero-order valence-electron chi connectivity index (χ0n) is 11.4. The third-order valence-electron chi connectivity index (χ3n) is 3.65. The van der Waals surface area contributed by atoms with Gasteiger partial charge in [0.05, 0.1) is 6.61 Å². The van der Waals surface area contributed by atoms with E-state index in [-0.39, 0.29) is 24.7 Å². The molecule has 0 aromatic carbocycles. The summed E-state index contributed by atoms with van der Waals surface area (Å²) in [4.78, 5) is 25.2. The van der Waals surface area contributed by atoms with Gasteiger partial charge in [-0.3, -0.25) is 14.3 Å². The molecule has 0 bridgehead atoms. The average Bonchev–Trinajstić information content (AvgIpc) is 2.76. The van der Waals surface area contributed by atoms with Crippen LogP contribution in [-0.4, -0.2) is 35.5 Å². The van der Waals surface area contributed by atoms with Crippen LogP contribution in [0.1, 0.15) is 13.2 Å². The largest absolute Gasteiger partial charge is 0.349 e. The molecule has 0 radical (unpaired) electrons. The minimum Gasteiger partial charge on any atom is -0.349 e. The first-order valence-corrected chi connectivity index (χ1v) is 8.95. The van der Waals surface area contributed by atoms with Crippen LogP contribution in [0, 0.1) is 5.92 Å². The number of H-pyrrole nitrogens is 1. The lowest BCUT2D eigenvalue weighted by molar-refractivity contribution is -0.0618. The van der Waals surface area contributed by atoms with Crippen molar-refractivity contribution in [2.75, 3.05) is 13.7 Å². The van der Waals surface area contributed by atoms with Gasteiger partial charge in [-0.05, 0) is 11.8 Å². The fourth-order valence-electron chi connectivity index (χ4n) is 2.57. The van der Waals surface area contributed by atoms with E-state index in [2.05, 4.69) is 4.98 Å². The van der Waals surface area contributed by atoms with Gasteiger partial charge in [0, 0.05) is 25.3 Å². The molecule has 5 atom stereocenters. The molecule has 3 heterocycles. The summed E-state index contributed by atoms with van der Waals surface area (Å²) in [5.41, 5.74) is -0.973. The maximum absolute atomic E-state index is 11.9. The number of fused-ring (bicyclic) bond motifs is 1. The van der Waals surface area contributed by atoms with Crippen molar-refractivity contribution < 1.29 is 18.3 Å². The van der Waals surface area contributed by atoms with Gasteiger partial charge < -0.3 is 18.3 Å². The molecule has 2 fully saturated rings. The van der Waals surface area contributed by atoms with Gasteiger partial charge in [0.15, 0.2) is 0 Å². The van der Waals surface area contributed by atoms with Crippen LogP contribution in [-0.2, 0) is 30.1 Å². The van der Waals surface area contributed by atoms with Gasteiger partial charge in [-0.1, -0.05) is 6.92 Å². The Morgan fingerprint density at radius 1 is 1.52 bits per heavy atom. The quantitative estimate of drug-likeness (QED) is 0.781. The molecule has 2 aliphatic heterocycles. The Hall–Kier alpha value is -0.830. The topological polar surface area (TPSA) is 91.8 Å². The number of aromatic nitrogens is 2. The molecule has 21 heavy (non-hydrogen) atoms. The standard InChI is InChI=1S/C11H15N2O6PS/c1-6-9-7(5-17-20(21,16-2)19-9)18-10(6)13-4-3-8(14)12-11(13)15/h3-4,6-7,9-10H,5H2,1-2H3,(H,12,14,15)/t6-,7+,9-,10+,20?/m0/s1. The van der Waals surface area contributed by atoms with E-state index in [0.717, 1.165) is 0 Å². The normalized spacial score (nSPS) is 39.1. The first-order valence-electron chi connectivity index (χ1n) is 6.39. The van der Waals surface area contributed by atoms with Crippen LogP contribution < -0.4 is 11.2 Å². The number of rotatable bonds is 2. The lowest BCUT2D eigenvalue weighted by Gasteiger charge is -2.33. The molecule has 8 nitrogen and oxygen atoms in total. The molecular formula is C11H15N2O6PS. The highest BCUT2D eigenvalue weighted by molar-refractivity contribution is 8.07. The van der Waals surface area contributed by atoms with Crippen molar-refractivity contribution in [3.8, 4) is 0 Å². The molecule has 1 N–H and O–H groups in total. The van der Waals surface area contributed by atoms with E-state index in [9.17, 15) is 9.59 Å². The van der Waals surface area contributed by atoms with Crippen molar-refractivity contribution in [1.82, 2.24) is 9.55 Å². The number of aromatic amines is 1. The summed E-state index contributed by atoms with van der Waals surface area (Å²) in [7, 11) is 1.45. The van der Waals surface area contributed by atoms with E-state index in [1.165, 1.54) is 23.9 Å². The molecule has 116 valence electrons. The molecule has 1 aromatic heterocycles. The van der Waals surface area contributed by atoms with E-state index in [1.54, 1.807) is 0 Å². The number of nitrogens with one attached hydrogen (secondary N) is 1. The SMILES string of the molecule is COP1(=S)OC[C@H]2O[C@@H](n3ccc(=O)[nH]c3=O)[C@@H](C)[C@@H]2O1. The van der Waals surface area contributed by atoms with Gasteiger partial charge in [-0.25, -0.2) is 4.79 Å². The lowest BCUT2D eigenvalue weighted by Crippen LogP contribution is -2.36. The van der Waals surface area contributed by atoms with Crippen molar-refractivity contribution >= 4 is 18.5 Å². The van der Waals surface area contributed by atoms with Crippen LogP contribution in [0.15, 0.2) is 21.9 Å². The summed E-state index contributed by atoms with van der Waals surface area (Å²) in [6, 6.07) is 1.27. The van der Waals surface area contributed by atoms with Crippen molar-refractivity contribution in [3.05, 3.63) is 33.1 Å². The zero-order chi connectivity index (χ0) is 15.2. The Bertz CT molecular complexity index is 702. The third kappa shape index (κ3) is 2.65. The summed E-state index contributed by atoms with van der Waals surface area (Å²) in [6.07, 6.45) is 0.224. The molecule has 10 heteroatoms.